The van der Waals surface area contributed by atoms with Crippen LogP contribution in [0.15, 0.2) is 51.8 Å². The van der Waals surface area contributed by atoms with Crippen LogP contribution in [0.25, 0.3) is 0 Å². The van der Waals surface area contributed by atoms with Gasteiger partial charge in [0.25, 0.3) is 15.7 Å². The Morgan fingerprint density at radius 1 is 1.18 bits per heavy atom. The summed E-state index contributed by atoms with van der Waals surface area (Å²) >= 11 is 3.28. The van der Waals surface area contributed by atoms with Gasteiger partial charge in [-0.1, -0.05) is 28.1 Å². The van der Waals surface area contributed by atoms with E-state index < -0.39 is 14.9 Å². The first-order chi connectivity index (χ1) is 10.2. The molecule has 0 radical (unpaired) electrons. The van der Waals surface area contributed by atoms with Gasteiger partial charge >= 0.3 is 0 Å². The molecule has 6 nitrogen and oxygen atoms in total. The number of nitro groups is 1. The van der Waals surface area contributed by atoms with Gasteiger partial charge in [0.15, 0.2) is 0 Å². The fraction of sp³-hybridized carbons (Fsp3) is 0.143. The van der Waals surface area contributed by atoms with E-state index in [1.54, 1.807) is 31.2 Å². The molecule has 0 spiro atoms. The van der Waals surface area contributed by atoms with E-state index in [0.29, 0.717) is 11.3 Å². The maximum absolute atomic E-state index is 12.6. The van der Waals surface area contributed by atoms with Gasteiger partial charge in [0.1, 0.15) is 0 Å². The summed E-state index contributed by atoms with van der Waals surface area (Å²) in [6, 6.07) is 10.7. The third-order valence-corrected chi connectivity index (χ3v) is 5.48. The highest BCUT2D eigenvalue weighted by Gasteiger charge is 2.24. The first kappa shape index (κ1) is 16.4. The number of hydrogen-bond acceptors (Lipinski definition) is 4. The third kappa shape index (κ3) is 3.12. The Morgan fingerprint density at radius 2 is 1.86 bits per heavy atom. The van der Waals surface area contributed by atoms with Crippen LogP contribution in [0.1, 0.15) is 5.56 Å². The zero-order valence-electron chi connectivity index (χ0n) is 11.9. The van der Waals surface area contributed by atoms with Gasteiger partial charge in [0.2, 0.25) is 0 Å². The lowest BCUT2D eigenvalue weighted by atomic mass is 10.2. The number of rotatable bonds is 4. The smallest absolute Gasteiger partial charge is 0.269 e. The van der Waals surface area contributed by atoms with Crippen LogP contribution in [0.2, 0.25) is 0 Å². The molecule has 2 rings (SSSR count). The normalized spacial score (nSPS) is 11.2. The van der Waals surface area contributed by atoms with Gasteiger partial charge in [-0.05, 0) is 31.2 Å². The summed E-state index contributed by atoms with van der Waals surface area (Å²) in [6.07, 6.45) is 0. The molecule has 0 fully saturated rings. The van der Waals surface area contributed by atoms with Gasteiger partial charge < -0.3 is 0 Å². The molecule has 0 aliphatic rings. The first-order valence-electron chi connectivity index (χ1n) is 6.23. The first-order valence-corrected chi connectivity index (χ1v) is 8.46. The van der Waals surface area contributed by atoms with Gasteiger partial charge in [-0.15, -0.1) is 0 Å². The summed E-state index contributed by atoms with van der Waals surface area (Å²) in [4.78, 5) is 10.3. The fourth-order valence-corrected chi connectivity index (χ4v) is 3.51. The van der Waals surface area contributed by atoms with Crippen molar-refractivity contribution < 1.29 is 13.3 Å². The van der Waals surface area contributed by atoms with Gasteiger partial charge in [-0.3, -0.25) is 14.4 Å². The molecule has 22 heavy (non-hydrogen) atoms. The van der Waals surface area contributed by atoms with Gasteiger partial charge in [-0.25, -0.2) is 8.42 Å². The molecule has 0 aliphatic heterocycles. The van der Waals surface area contributed by atoms with Crippen molar-refractivity contribution in [3.63, 3.8) is 0 Å². The Hall–Kier alpha value is -1.93. The highest BCUT2D eigenvalue weighted by atomic mass is 79.9. The van der Waals surface area contributed by atoms with Crippen molar-refractivity contribution in [1.82, 2.24) is 0 Å². The van der Waals surface area contributed by atoms with Crippen molar-refractivity contribution in [3.8, 4) is 0 Å². The highest BCUT2D eigenvalue weighted by molar-refractivity contribution is 9.10. The maximum atomic E-state index is 12.6. The zero-order chi connectivity index (χ0) is 16.5. The summed E-state index contributed by atoms with van der Waals surface area (Å²) < 4.78 is 27.1. The van der Waals surface area contributed by atoms with Crippen LogP contribution in [0.4, 0.5) is 11.4 Å². The average Bonchev–Trinajstić information content (AvgIpc) is 2.46. The SMILES string of the molecule is Cc1ccc(S(=O)(=O)N(C)c2cccc(Br)c2)cc1[N+](=O)[O-]. The molecule has 0 N–H and O–H groups in total. The minimum Gasteiger partial charge on any atom is -0.269 e. The average molecular weight is 385 g/mol. The predicted octanol–water partition coefficient (Wildman–Crippen LogP) is 3.49. The molecule has 0 saturated heterocycles. The zero-order valence-corrected chi connectivity index (χ0v) is 14.3. The molecular formula is C14H13BrN2O4S. The standard InChI is InChI=1S/C14H13BrN2O4S/c1-10-6-7-13(9-14(10)17(18)19)22(20,21)16(2)12-5-3-4-11(15)8-12/h3-9H,1-2H3. The van der Waals surface area contributed by atoms with Crippen molar-refractivity contribution in [3.05, 3.63) is 62.6 Å². The number of nitrogens with zero attached hydrogens (tertiary/aromatic N) is 2. The minimum absolute atomic E-state index is 0.118. The summed E-state index contributed by atoms with van der Waals surface area (Å²) in [7, 11) is -2.47. The van der Waals surface area contributed by atoms with Crippen LogP contribution in [0.5, 0.6) is 0 Å². The lowest BCUT2D eigenvalue weighted by Crippen LogP contribution is -2.26. The molecule has 0 unspecified atom stereocenters. The van der Waals surface area contributed by atoms with Crippen LogP contribution in [0.3, 0.4) is 0 Å². The quantitative estimate of drug-likeness (QED) is 0.596. The Labute approximate surface area is 136 Å². The molecule has 2 aromatic carbocycles. The molecule has 0 atom stereocenters. The van der Waals surface area contributed by atoms with Crippen molar-refractivity contribution in [2.24, 2.45) is 0 Å². The predicted molar refractivity (Wildman–Crippen MR) is 87.6 cm³/mol. The molecule has 0 amide bonds. The number of benzene rings is 2. The van der Waals surface area contributed by atoms with E-state index in [9.17, 15) is 18.5 Å². The van der Waals surface area contributed by atoms with Crippen molar-refractivity contribution in [2.75, 3.05) is 11.4 Å². The van der Waals surface area contributed by atoms with E-state index in [-0.39, 0.29) is 10.6 Å². The van der Waals surface area contributed by atoms with E-state index in [0.717, 1.165) is 14.8 Å². The number of anilines is 1. The van der Waals surface area contributed by atoms with Gasteiger partial charge in [0.05, 0.1) is 15.5 Å². The monoisotopic (exact) mass is 384 g/mol. The van der Waals surface area contributed by atoms with E-state index in [4.69, 9.17) is 0 Å². The van der Waals surface area contributed by atoms with E-state index in [1.165, 1.54) is 19.2 Å². The number of sulfonamides is 1. The number of nitro benzene ring substituents is 1. The molecule has 0 aliphatic carbocycles. The molecule has 0 aromatic heterocycles. The van der Waals surface area contributed by atoms with Crippen molar-refractivity contribution in [2.45, 2.75) is 11.8 Å². The van der Waals surface area contributed by atoms with Crippen molar-refractivity contribution in [1.29, 1.82) is 0 Å². The van der Waals surface area contributed by atoms with E-state index >= 15 is 0 Å². The summed E-state index contributed by atoms with van der Waals surface area (Å²) in [5.74, 6) is 0. The van der Waals surface area contributed by atoms with E-state index in [1.807, 2.05) is 0 Å². The molecular weight excluding hydrogens is 372 g/mol. The number of hydrogen-bond donors (Lipinski definition) is 0. The second kappa shape index (κ2) is 6.05. The van der Waals surface area contributed by atoms with E-state index in [2.05, 4.69) is 15.9 Å². The summed E-state index contributed by atoms with van der Waals surface area (Å²) in [5, 5.41) is 11.0. The van der Waals surface area contributed by atoms with Crippen LogP contribution < -0.4 is 4.31 Å². The lowest BCUT2D eigenvalue weighted by Gasteiger charge is -2.19. The van der Waals surface area contributed by atoms with Crippen LogP contribution >= 0.6 is 15.9 Å². The molecule has 0 heterocycles. The Kier molecular flexibility index (Phi) is 4.52. The van der Waals surface area contributed by atoms with Crippen LogP contribution in [-0.2, 0) is 10.0 Å². The maximum Gasteiger partial charge on any atom is 0.273 e. The third-order valence-electron chi connectivity index (χ3n) is 3.21. The molecule has 116 valence electrons. The Morgan fingerprint density at radius 3 is 2.45 bits per heavy atom. The summed E-state index contributed by atoms with van der Waals surface area (Å²) in [5.41, 5.74) is 0.648. The van der Waals surface area contributed by atoms with Gasteiger partial charge in [-0.2, -0.15) is 0 Å². The van der Waals surface area contributed by atoms with Gasteiger partial charge in [0, 0.05) is 23.2 Å². The highest BCUT2D eigenvalue weighted by Crippen LogP contribution is 2.28. The second-order valence-electron chi connectivity index (χ2n) is 4.66. The fourth-order valence-electron chi connectivity index (χ4n) is 1.92. The topological polar surface area (TPSA) is 80.5 Å². The van der Waals surface area contributed by atoms with Crippen LogP contribution in [-0.4, -0.2) is 20.4 Å². The molecule has 2 aromatic rings. The summed E-state index contributed by atoms with van der Waals surface area (Å²) in [6.45, 7) is 1.56. The van der Waals surface area contributed by atoms with Crippen LogP contribution in [0, 0.1) is 17.0 Å². The molecule has 8 heteroatoms. The second-order valence-corrected chi connectivity index (χ2v) is 7.54. The minimum atomic E-state index is -3.87. The largest absolute Gasteiger partial charge is 0.273 e. The number of halogens is 1. The Balaban J connectivity index is 2.51. The number of aryl methyl sites for hydroxylation is 1. The van der Waals surface area contributed by atoms with Crippen molar-refractivity contribution >= 4 is 37.3 Å². The Bertz CT molecular complexity index is 836. The molecule has 0 bridgehead atoms. The molecule has 0 saturated carbocycles. The lowest BCUT2D eigenvalue weighted by molar-refractivity contribution is -0.385.